The Morgan fingerprint density at radius 3 is 2.70 bits per heavy atom. The van der Waals surface area contributed by atoms with E-state index in [0.29, 0.717) is 11.4 Å². The molecule has 1 aromatic heterocycles. The van der Waals surface area contributed by atoms with Crippen molar-refractivity contribution in [2.24, 2.45) is 0 Å². The molecule has 104 valence electrons. The number of hydrogen-bond donors (Lipinski definition) is 2. The van der Waals surface area contributed by atoms with Crippen LogP contribution in [0.2, 0.25) is 0 Å². The van der Waals surface area contributed by atoms with Crippen molar-refractivity contribution in [1.29, 1.82) is 0 Å². The van der Waals surface area contributed by atoms with Gasteiger partial charge >= 0.3 is 0 Å². The monoisotopic (exact) mass is 333 g/mol. The highest BCUT2D eigenvalue weighted by Gasteiger charge is 2.09. The predicted molar refractivity (Wildman–Crippen MR) is 84.9 cm³/mol. The van der Waals surface area contributed by atoms with Crippen molar-refractivity contribution in [1.82, 2.24) is 4.98 Å². The zero-order valence-electron chi connectivity index (χ0n) is 11.4. The summed E-state index contributed by atoms with van der Waals surface area (Å²) in [6.07, 6.45) is 0.737. The van der Waals surface area contributed by atoms with E-state index < -0.39 is 0 Å². The average Bonchev–Trinajstić information content (AvgIpc) is 2.36. The molecule has 0 saturated carbocycles. The molecule has 0 saturated heterocycles. The maximum absolute atomic E-state index is 12.2. The van der Waals surface area contributed by atoms with E-state index in [-0.39, 0.29) is 5.91 Å². The molecule has 1 heterocycles. The number of nitrogens with two attached hydrogens (primary N) is 1. The summed E-state index contributed by atoms with van der Waals surface area (Å²) < 4.78 is 0.927. The van der Waals surface area contributed by atoms with Gasteiger partial charge in [0.15, 0.2) is 0 Å². The number of anilines is 2. The number of nitrogens with zero attached hydrogens (tertiary/aromatic N) is 1. The highest BCUT2D eigenvalue weighted by Crippen LogP contribution is 2.20. The van der Waals surface area contributed by atoms with Crippen LogP contribution in [0.3, 0.4) is 0 Å². The Kier molecular flexibility index (Phi) is 4.39. The number of halogens is 1. The molecule has 2 rings (SSSR count). The fourth-order valence-electron chi connectivity index (χ4n) is 1.93. The van der Waals surface area contributed by atoms with Gasteiger partial charge in [-0.05, 0) is 49.2 Å². The second-order valence-corrected chi connectivity index (χ2v) is 5.51. The third-order valence-corrected chi connectivity index (χ3v) is 3.28. The van der Waals surface area contributed by atoms with Crippen LogP contribution >= 0.6 is 15.9 Å². The number of amides is 1. The molecule has 2 aromatic rings. The standard InChI is InChI=1S/C15H16BrN3O/c1-3-12-6-10(7-14(17)18-12)15(20)19-13-5-9(2)4-11(16)8-13/h4-8H,3H2,1-2H3,(H2,17,18)(H,19,20). The van der Waals surface area contributed by atoms with E-state index >= 15 is 0 Å². The largest absolute Gasteiger partial charge is 0.384 e. The van der Waals surface area contributed by atoms with Crippen LogP contribution in [0.4, 0.5) is 11.5 Å². The van der Waals surface area contributed by atoms with E-state index in [1.54, 1.807) is 12.1 Å². The maximum atomic E-state index is 12.2. The lowest BCUT2D eigenvalue weighted by atomic mass is 10.1. The zero-order chi connectivity index (χ0) is 14.7. The number of aryl methyl sites for hydroxylation is 2. The summed E-state index contributed by atoms with van der Waals surface area (Å²) >= 11 is 3.41. The summed E-state index contributed by atoms with van der Waals surface area (Å²) in [5, 5.41) is 2.87. The van der Waals surface area contributed by atoms with Crippen molar-refractivity contribution < 1.29 is 4.79 Å². The molecule has 0 fully saturated rings. The molecule has 5 heteroatoms. The van der Waals surface area contributed by atoms with Crippen LogP contribution in [0.15, 0.2) is 34.8 Å². The first kappa shape index (κ1) is 14.5. The van der Waals surface area contributed by atoms with Crippen LogP contribution in [-0.2, 0) is 6.42 Å². The molecule has 0 radical (unpaired) electrons. The first-order valence-corrected chi connectivity index (χ1v) is 7.12. The third-order valence-electron chi connectivity index (χ3n) is 2.82. The SMILES string of the molecule is CCc1cc(C(=O)Nc2cc(C)cc(Br)c2)cc(N)n1. The van der Waals surface area contributed by atoms with Gasteiger partial charge in [0, 0.05) is 21.4 Å². The van der Waals surface area contributed by atoms with Gasteiger partial charge in [-0.1, -0.05) is 22.9 Å². The number of hydrogen-bond acceptors (Lipinski definition) is 3. The van der Waals surface area contributed by atoms with Gasteiger partial charge in [-0.25, -0.2) is 4.98 Å². The number of rotatable bonds is 3. The molecule has 4 nitrogen and oxygen atoms in total. The molecule has 20 heavy (non-hydrogen) atoms. The minimum absolute atomic E-state index is 0.189. The number of carbonyl (C=O) groups is 1. The summed E-state index contributed by atoms with van der Waals surface area (Å²) in [6, 6.07) is 9.09. The van der Waals surface area contributed by atoms with Gasteiger partial charge in [0.25, 0.3) is 5.91 Å². The topological polar surface area (TPSA) is 68.0 Å². The molecule has 1 aromatic carbocycles. The van der Waals surface area contributed by atoms with E-state index in [9.17, 15) is 4.79 Å². The minimum atomic E-state index is -0.189. The summed E-state index contributed by atoms with van der Waals surface area (Å²) in [5.74, 6) is 0.172. The number of pyridine rings is 1. The van der Waals surface area contributed by atoms with Gasteiger partial charge in [0.1, 0.15) is 5.82 Å². The minimum Gasteiger partial charge on any atom is -0.384 e. The lowest BCUT2D eigenvalue weighted by Gasteiger charge is -2.08. The predicted octanol–water partition coefficient (Wildman–Crippen LogP) is 3.55. The summed E-state index contributed by atoms with van der Waals surface area (Å²) in [6.45, 7) is 3.95. The second-order valence-electron chi connectivity index (χ2n) is 4.60. The van der Waals surface area contributed by atoms with E-state index in [1.807, 2.05) is 32.0 Å². The molecule has 3 N–H and O–H groups in total. The van der Waals surface area contributed by atoms with Crippen molar-refractivity contribution in [3.63, 3.8) is 0 Å². The number of nitrogen functional groups attached to an aromatic ring is 1. The molecular weight excluding hydrogens is 318 g/mol. The molecule has 0 aliphatic carbocycles. The molecule has 0 atom stereocenters. The van der Waals surface area contributed by atoms with E-state index in [2.05, 4.69) is 26.2 Å². The molecule has 0 aliphatic heterocycles. The first-order valence-electron chi connectivity index (χ1n) is 6.33. The lowest BCUT2D eigenvalue weighted by Crippen LogP contribution is -2.13. The Balaban J connectivity index is 2.25. The normalized spacial score (nSPS) is 10.3. The fraction of sp³-hybridized carbons (Fsp3) is 0.200. The number of benzene rings is 1. The highest BCUT2D eigenvalue weighted by molar-refractivity contribution is 9.10. The number of carbonyl (C=O) groups excluding carboxylic acids is 1. The molecule has 0 aliphatic rings. The summed E-state index contributed by atoms with van der Waals surface area (Å²) in [4.78, 5) is 16.4. The summed E-state index contributed by atoms with van der Waals surface area (Å²) in [7, 11) is 0. The average molecular weight is 334 g/mol. The van der Waals surface area contributed by atoms with Gasteiger partial charge in [-0.15, -0.1) is 0 Å². The van der Waals surface area contributed by atoms with Crippen molar-refractivity contribution >= 4 is 33.3 Å². The molecule has 0 unspecified atom stereocenters. The lowest BCUT2D eigenvalue weighted by molar-refractivity contribution is 0.102. The van der Waals surface area contributed by atoms with Gasteiger partial charge in [-0.3, -0.25) is 4.79 Å². The van der Waals surface area contributed by atoms with Crippen LogP contribution in [0.25, 0.3) is 0 Å². The Hall–Kier alpha value is -1.88. The Labute approximate surface area is 126 Å². The van der Waals surface area contributed by atoms with Crippen molar-refractivity contribution in [2.75, 3.05) is 11.1 Å². The molecular formula is C15H16BrN3O. The van der Waals surface area contributed by atoms with Crippen LogP contribution in [0, 0.1) is 6.92 Å². The van der Waals surface area contributed by atoms with Crippen molar-refractivity contribution in [2.45, 2.75) is 20.3 Å². The zero-order valence-corrected chi connectivity index (χ0v) is 13.0. The molecule has 0 spiro atoms. The fourth-order valence-corrected chi connectivity index (χ4v) is 2.54. The van der Waals surface area contributed by atoms with Gasteiger partial charge in [0.2, 0.25) is 0 Å². The highest BCUT2D eigenvalue weighted by atomic mass is 79.9. The Morgan fingerprint density at radius 2 is 2.05 bits per heavy atom. The van der Waals surface area contributed by atoms with Crippen molar-refractivity contribution in [3.05, 3.63) is 51.6 Å². The Morgan fingerprint density at radius 1 is 1.30 bits per heavy atom. The van der Waals surface area contributed by atoms with Crippen molar-refractivity contribution in [3.8, 4) is 0 Å². The molecule has 1 amide bonds. The van der Waals surface area contributed by atoms with Gasteiger partial charge < -0.3 is 11.1 Å². The van der Waals surface area contributed by atoms with Crippen LogP contribution in [0.5, 0.6) is 0 Å². The third kappa shape index (κ3) is 3.57. The maximum Gasteiger partial charge on any atom is 0.255 e. The van der Waals surface area contributed by atoms with E-state index in [1.165, 1.54) is 0 Å². The first-order chi connectivity index (χ1) is 9.47. The van der Waals surface area contributed by atoms with Crippen LogP contribution < -0.4 is 11.1 Å². The Bertz CT molecular complexity index is 635. The summed E-state index contributed by atoms with van der Waals surface area (Å²) in [5.41, 5.74) is 8.86. The number of nitrogens with one attached hydrogen (secondary N) is 1. The van der Waals surface area contributed by atoms with Gasteiger partial charge in [-0.2, -0.15) is 0 Å². The second kappa shape index (κ2) is 6.05. The quantitative estimate of drug-likeness (QED) is 0.902. The van der Waals surface area contributed by atoms with E-state index in [4.69, 9.17) is 5.73 Å². The van der Waals surface area contributed by atoms with E-state index in [0.717, 1.165) is 27.8 Å². The number of aromatic nitrogens is 1. The van der Waals surface area contributed by atoms with Crippen LogP contribution in [0.1, 0.15) is 28.5 Å². The smallest absolute Gasteiger partial charge is 0.255 e. The molecule has 0 bridgehead atoms. The van der Waals surface area contributed by atoms with Gasteiger partial charge in [0.05, 0.1) is 0 Å². The van der Waals surface area contributed by atoms with Crippen LogP contribution in [-0.4, -0.2) is 10.9 Å².